The van der Waals surface area contributed by atoms with E-state index in [1.54, 1.807) is 10.6 Å². The van der Waals surface area contributed by atoms with Crippen LogP contribution in [-0.2, 0) is 34.8 Å². The van der Waals surface area contributed by atoms with E-state index in [0.29, 0.717) is 41.5 Å². The monoisotopic (exact) mass is 447 g/mol. The van der Waals surface area contributed by atoms with Crippen molar-refractivity contribution >= 4 is 16.9 Å². The maximum Gasteiger partial charge on any atom is 0.347 e. The van der Waals surface area contributed by atoms with Crippen molar-refractivity contribution in [2.75, 3.05) is 13.8 Å². The van der Waals surface area contributed by atoms with Crippen LogP contribution >= 0.6 is 0 Å². The molecule has 5 heterocycles. The highest BCUT2D eigenvalue weighted by Crippen LogP contribution is 2.43. The number of carbonyl (C=O) groups is 1. The number of pyridine rings is 2. The largest absolute Gasteiger partial charge is 0.458 e. The smallest absolute Gasteiger partial charge is 0.347 e. The molecule has 9 nitrogen and oxygen atoms in total. The molecule has 0 amide bonds. The number of ether oxygens (including phenoxy) is 3. The average molecular weight is 447 g/mol. The fourth-order valence-corrected chi connectivity index (χ4v) is 4.94. The van der Waals surface area contributed by atoms with Gasteiger partial charge in [-0.15, -0.1) is 0 Å². The van der Waals surface area contributed by atoms with Gasteiger partial charge in [-0.25, -0.2) is 9.78 Å². The molecule has 0 aliphatic carbocycles. The molecule has 0 bridgehead atoms. The van der Waals surface area contributed by atoms with E-state index in [1.807, 2.05) is 19.2 Å². The molecule has 3 aromatic rings. The Hall–Kier alpha value is -3.69. The number of hydrogen-bond acceptors (Lipinski definition) is 8. The topological polar surface area (TPSA) is 112 Å². The summed E-state index contributed by atoms with van der Waals surface area (Å²) in [6.07, 6.45) is 0. The third-order valence-corrected chi connectivity index (χ3v) is 6.66. The maximum atomic E-state index is 13.5. The van der Waals surface area contributed by atoms with Gasteiger partial charge in [-0.1, -0.05) is 6.58 Å². The first-order valence-corrected chi connectivity index (χ1v) is 10.6. The summed E-state index contributed by atoms with van der Waals surface area (Å²) in [6.45, 7) is 6.15. The zero-order valence-electron chi connectivity index (χ0n) is 18.2. The summed E-state index contributed by atoms with van der Waals surface area (Å²) in [5, 5.41) is 15.3. The fourth-order valence-electron chi connectivity index (χ4n) is 4.94. The second kappa shape index (κ2) is 6.66. The van der Waals surface area contributed by atoms with E-state index in [4.69, 9.17) is 19.2 Å². The van der Waals surface area contributed by atoms with E-state index in [2.05, 4.69) is 11.9 Å². The number of rotatable bonds is 3. The Morgan fingerprint density at radius 3 is 2.70 bits per heavy atom. The molecule has 0 unspecified atom stereocenters. The highest BCUT2D eigenvalue weighted by Gasteiger charge is 2.47. The summed E-state index contributed by atoms with van der Waals surface area (Å²) in [7, 11) is 1.86. The van der Waals surface area contributed by atoms with E-state index < -0.39 is 11.6 Å². The van der Waals surface area contributed by atoms with Gasteiger partial charge in [0.05, 0.1) is 29.0 Å². The number of hydrogen-bond donors (Lipinski definition) is 2. The Labute approximate surface area is 188 Å². The van der Waals surface area contributed by atoms with Gasteiger partial charge < -0.3 is 29.2 Å². The average Bonchev–Trinajstić information content (AvgIpc) is 3.39. The third kappa shape index (κ3) is 2.51. The highest BCUT2D eigenvalue weighted by atomic mass is 16.7. The number of aliphatic hydroxyl groups is 1. The van der Waals surface area contributed by atoms with Gasteiger partial charge in [-0.05, 0) is 37.2 Å². The van der Waals surface area contributed by atoms with Gasteiger partial charge in [0.15, 0.2) is 11.5 Å². The first-order valence-electron chi connectivity index (χ1n) is 10.6. The molecule has 0 radical (unpaired) electrons. The summed E-state index contributed by atoms with van der Waals surface area (Å²) in [6, 6.07) is 5.42. The van der Waals surface area contributed by atoms with Gasteiger partial charge in [0.2, 0.25) is 12.4 Å². The van der Waals surface area contributed by atoms with Crippen LogP contribution in [0.15, 0.2) is 35.1 Å². The third-order valence-electron chi connectivity index (χ3n) is 6.66. The minimum atomic E-state index is -2.08. The quantitative estimate of drug-likeness (QED) is 0.361. The van der Waals surface area contributed by atoms with Crippen molar-refractivity contribution in [3.05, 3.63) is 63.0 Å². The summed E-state index contributed by atoms with van der Waals surface area (Å²) < 4.78 is 17.9. The van der Waals surface area contributed by atoms with Crippen molar-refractivity contribution in [1.82, 2.24) is 14.9 Å². The molecule has 0 saturated heterocycles. The lowest BCUT2D eigenvalue weighted by molar-refractivity contribution is -0.167. The van der Waals surface area contributed by atoms with Crippen LogP contribution in [0.4, 0.5) is 0 Å². The van der Waals surface area contributed by atoms with Crippen molar-refractivity contribution in [2.45, 2.75) is 32.2 Å². The lowest BCUT2D eigenvalue weighted by Gasteiger charge is -2.33. The van der Waals surface area contributed by atoms with Gasteiger partial charge in [0, 0.05) is 29.1 Å². The summed E-state index contributed by atoms with van der Waals surface area (Å²) in [5.41, 5.74) is 2.02. The van der Waals surface area contributed by atoms with E-state index in [1.165, 1.54) is 6.92 Å². The molecule has 3 aliphatic rings. The lowest BCUT2D eigenvalue weighted by atomic mass is 9.83. The fraction of sp³-hybridized carbons (Fsp3) is 0.292. The Morgan fingerprint density at radius 1 is 1.21 bits per heavy atom. The van der Waals surface area contributed by atoms with Crippen LogP contribution in [0, 0.1) is 0 Å². The predicted molar refractivity (Wildman–Crippen MR) is 118 cm³/mol. The molecular weight excluding hydrogens is 426 g/mol. The maximum absolute atomic E-state index is 13.5. The number of fused-ring (bicyclic) bond motifs is 6. The predicted octanol–water partition coefficient (Wildman–Crippen LogP) is 1.69. The van der Waals surface area contributed by atoms with Crippen LogP contribution in [0.3, 0.4) is 0 Å². The minimum absolute atomic E-state index is 0.159. The Bertz CT molecular complexity index is 1470. The Morgan fingerprint density at radius 2 is 1.97 bits per heavy atom. The lowest BCUT2D eigenvalue weighted by Crippen LogP contribution is -2.45. The highest BCUT2D eigenvalue weighted by molar-refractivity contribution is 5.91. The first-order chi connectivity index (χ1) is 15.8. The standard InChI is InChI=1S/C24H21N3O6/c1-11(2)24(30)16-5-18-21-14(8-27(18)22(28)15(16)9-31-23(24)29)13(7-25-3)12-4-19-20(33-10-32-19)6-17(12)26-21/h4-6,25,30H,1,7-10H2,2-3H3/t24-/m0/s1. The van der Waals surface area contributed by atoms with Crippen LogP contribution in [0.25, 0.3) is 22.3 Å². The molecule has 1 atom stereocenters. The zero-order chi connectivity index (χ0) is 23.1. The van der Waals surface area contributed by atoms with Crippen LogP contribution in [0.2, 0.25) is 0 Å². The number of benzene rings is 1. The number of aromatic nitrogens is 2. The van der Waals surface area contributed by atoms with Crippen molar-refractivity contribution in [3.8, 4) is 22.9 Å². The summed E-state index contributed by atoms with van der Waals surface area (Å²) in [5.74, 6) is 0.442. The summed E-state index contributed by atoms with van der Waals surface area (Å²) in [4.78, 5) is 30.8. The van der Waals surface area contributed by atoms with E-state index >= 15 is 0 Å². The second-order valence-corrected chi connectivity index (χ2v) is 8.55. The van der Waals surface area contributed by atoms with Gasteiger partial charge in [-0.3, -0.25) is 4.79 Å². The van der Waals surface area contributed by atoms with Crippen molar-refractivity contribution in [3.63, 3.8) is 0 Å². The van der Waals surface area contributed by atoms with Crippen LogP contribution in [-0.4, -0.2) is 34.5 Å². The second-order valence-electron chi connectivity index (χ2n) is 8.55. The zero-order valence-corrected chi connectivity index (χ0v) is 18.2. The molecule has 2 aromatic heterocycles. The molecule has 1 aromatic carbocycles. The van der Waals surface area contributed by atoms with Crippen molar-refractivity contribution in [2.24, 2.45) is 0 Å². The number of esters is 1. The molecule has 2 N–H and O–H groups in total. The number of cyclic esters (lactones) is 1. The molecule has 0 spiro atoms. The van der Waals surface area contributed by atoms with Crippen molar-refractivity contribution < 1.29 is 24.1 Å². The number of nitrogens with zero attached hydrogens (tertiary/aromatic N) is 2. The van der Waals surface area contributed by atoms with Gasteiger partial charge in [0.25, 0.3) is 5.56 Å². The number of nitrogens with one attached hydrogen (secondary N) is 1. The van der Waals surface area contributed by atoms with Gasteiger partial charge >= 0.3 is 5.97 Å². The van der Waals surface area contributed by atoms with E-state index in [-0.39, 0.29) is 35.7 Å². The molecule has 0 saturated carbocycles. The molecule has 3 aliphatic heterocycles. The van der Waals surface area contributed by atoms with Crippen LogP contribution in [0.1, 0.15) is 29.2 Å². The summed E-state index contributed by atoms with van der Waals surface area (Å²) >= 11 is 0. The first kappa shape index (κ1) is 20.0. The molecule has 6 rings (SSSR count). The Balaban J connectivity index is 1.65. The molecule has 33 heavy (non-hydrogen) atoms. The normalized spacial score (nSPS) is 19.8. The Kier molecular flexibility index (Phi) is 4.03. The van der Waals surface area contributed by atoms with E-state index in [0.717, 1.165) is 16.5 Å². The van der Waals surface area contributed by atoms with Crippen LogP contribution < -0.4 is 20.3 Å². The van der Waals surface area contributed by atoms with Gasteiger partial charge in [-0.2, -0.15) is 0 Å². The molecular formula is C24H21N3O6. The number of carbonyl (C=O) groups excluding carboxylic acids is 1. The van der Waals surface area contributed by atoms with E-state index in [9.17, 15) is 14.7 Å². The van der Waals surface area contributed by atoms with Crippen molar-refractivity contribution in [1.29, 1.82) is 0 Å². The SMILES string of the molecule is C=C(C)[C@@]1(O)C(=O)OCc2c1cc1n(c2=O)Cc2c-1nc1cc3c(cc1c2CNC)OCO3. The van der Waals surface area contributed by atoms with Gasteiger partial charge in [0.1, 0.15) is 6.61 Å². The van der Waals surface area contributed by atoms with Crippen LogP contribution in [0.5, 0.6) is 11.5 Å². The molecule has 9 heteroatoms. The molecule has 168 valence electrons. The molecule has 0 fully saturated rings. The minimum Gasteiger partial charge on any atom is -0.458 e.